The molecule has 1 amide bonds. The van der Waals surface area contributed by atoms with E-state index in [1.165, 1.54) is 0 Å². The van der Waals surface area contributed by atoms with Gasteiger partial charge in [-0.2, -0.15) is 5.10 Å². The van der Waals surface area contributed by atoms with Crippen molar-refractivity contribution in [2.45, 2.75) is 20.3 Å². The van der Waals surface area contributed by atoms with Crippen LogP contribution in [0, 0.1) is 13.8 Å². The third kappa shape index (κ3) is 4.98. The van der Waals surface area contributed by atoms with Crippen molar-refractivity contribution in [3.05, 3.63) is 53.4 Å². The second-order valence-corrected chi connectivity index (χ2v) is 5.35. The fraction of sp³-hybridized carbons (Fsp3) is 0.333. The number of nitrogens with zero attached hydrogens (tertiary/aromatic N) is 2. The van der Waals surface area contributed by atoms with Crippen molar-refractivity contribution in [3.8, 4) is 5.75 Å². The molecule has 1 heterocycles. The number of nitrogens with one attached hydrogen (secondary N) is 1. The van der Waals surface area contributed by atoms with Crippen molar-refractivity contribution >= 4 is 12.0 Å². The Morgan fingerprint density at radius 3 is 2.70 bits per heavy atom. The molecule has 0 aliphatic heterocycles. The van der Waals surface area contributed by atoms with Crippen LogP contribution in [0.5, 0.6) is 5.75 Å². The number of amides is 1. The van der Waals surface area contributed by atoms with Crippen molar-refractivity contribution in [2.75, 3.05) is 13.2 Å². The van der Waals surface area contributed by atoms with Crippen LogP contribution in [0.3, 0.4) is 0 Å². The highest BCUT2D eigenvalue weighted by Gasteiger charge is 2.06. The minimum Gasteiger partial charge on any atom is -0.494 e. The number of carbonyl (C=O) groups is 1. The highest BCUT2D eigenvalue weighted by Crippen LogP contribution is 2.13. The standard InChI is InChI=1S/C18H23N3O2/c1-14-17(15(2)21(3)20-14)10-11-18(22)19-12-7-13-23-16-8-5-4-6-9-16/h4-6,8-11H,7,12-13H2,1-3H3,(H,19,22)/b11-10-. The quantitative estimate of drug-likeness (QED) is 0.631. The number of ether oxygens (including phenoxy) is 1. The summed E-state index contributed by atoms with van der Waals surface area (Å²) in [6.07, 6.45) is 4.13. The van der Waals surface area contributed by atoms with Crippen LogP contribution in [-0.4, -0.2) is 28.8 Å². The van der Waals surface area contributed by atoms with Gasteiger partial charge in [0, 0.05) is 30.9 Å². The van der Waals surface area contributed by atoms with Crippen LogP contribution in [-0.2, 0) is 11.8 Å². The van der Waals surface area contributed by atoms with E-state index in [0.29, 0.717) is 13.2 Å². The number of hydrogen-bond donors (Lipinski definition) is 1. The third-order valence-electron chi connectivity index (χ3n) is 3.60. The first kappa shape index (κ1) is 16.8. The molecule has 0 unspecified atom stereocenters. The van der Waals surface area contributed by atoms with E-state index in [-0.39, 0.29) is 5.91 Å². The van der Waals surface area contributed by atoms with Gasteiger partial charge in [-0.25, -0.2) is 0 Å². The molecule has 0 saturated carbocycles. The van der Waals surface area contributed by atoms with Crippen LogP contribution in [0.25, 0.3) is 6.08 Å². The second kappa shape index (κ2) is 8.17. The number of aromatic nitrogens is 2. The van der Waals surface area contributed by atoms with Gasteiger partial charge < -0.3 is 10.1 Å². The van der Waals surface area contributed by atoms with Crippen LogP contribution in [0.15, 0.2) is 36.4 Å². The van der Waals surface area contributed by atoms with E-state index in [4.69, 9.17) is 4.74 Å². The number of aryl methyl sites for hydroxylation is 2. The molecule has 0 saturated heterocycles. The zero-order chi connectivity index (χ0) is 16.7. The average Bonchev–Trinajstić information content (AvgIpc) is 2.79. The Labute approximate surface area is 137 Å². The lowest BCUT2D eigenvalue weighted by molar-refractivity contribution is -0.116. The summed E-state index contributed by atoms with van der Waals surface area (Å²) in [4.78, 5) is 11.8. The molecule has 23 heavy (non-hydrogen) atoms. The fourth-order valence-electron chi connectivity index (χ4n) is 2.24. The van der Waals surface area contributed by atoms with Gasteiger partial charge in [0.25, 0.3) is 0 Å². The summed E-state index contributed by atoms with van der Waals surface area (Å²) in [5.74, 6) is 0.744. The monoisotopic (exact) mass is 313 g/mol. The SMILES string of the molecule is Cc1nn(C)c(C)c1/C=C\C(=O)NCCCOc1ccccc1. The van der Waals surface area contributed by atoms with E-state index in [9.17, 15) is 4.79 Å². The lowest BCUT2D eigenvalue weighted by atomic mass is 10.2. The Kier molecular flexibility index (Phi) is 5.97. The maximum Gasteiger partial charge on any atom is 0.244 e. The Bertz CT molecular complexity index is 675. The lowest BCUT2D eigenvalue weighted by Crippen LogP contribution is -2.23. The minimum absolute atomic E-state index is 0.104. The first-order chi connectivity index (χ1) is 11.1. The van der Waals surface area contributed by atoms with Gasteiger partial charge in [0.2, 0.25) is 5.91 Å². The molecule has 2 rings (SSSR count). The molecular weight excluding hydrogens is 290 g/mol. The highest BCUT2D eigenvalue weighted by molar-refractivity contribution is 5.91. The molecule has 5 nitrogen and oxygen atoms in total. The highest BCUT2D eigenvalue weighted by atomic mass is 16.5. The van der Waals surface area contributed by atoms with Crippen LogP contribution in [0.2, 0.25) is 0 Å². The molecule has 5 heteroatoms. The number of rotatable bonds is 7. The normalized spacial score (nSPS) is 10.9. The Balaban J connectivity index is 1.70. The van der Waals surface area contributed by atoms with Gasteiger partial charge in [-0.1, -0.05) is 18.2 Å². The molecule has 0 fully saturated rings. The van der Waals surface area contributed by atoms with Crippen molar-refractivity contribution in [2.24, 2.45) is 7.05 Å². The summed E-state index contributed by atoms with van der Waals surface area (Å²) in [5, 5.41) is 7.17. The predicted octanol–water partition coefficient (Wildman–Crippen LogP) is 2.64. The lowest BCUT2D eigenvalue weighted by Gasteiger charge is -2.06. The van der Waals surface area contributed by atoms with Gasteiger partial charge in [0.15, 0.2) is 0 Å². The predicted molar refractivity (Wildman–Crippen MR) is 91.3 cm³/mol. The number of benzene rings is 1. The van der Waals surface area contributed by atoms with Gasteiger partial charge in [0.05, 0.1) is 12.3 Å². The molecule has 0 bridgehead atoms. The van der Waals surface area contributed by atoms with Crippen molar-refractivity contribution < 1.29 is 9.53 Å². The average molecular weight is 313 g/mol. The van der Waals surface area contributed by atoms with E-state index < -0.39 is 0 Å². The summed E-state index contributed by atoms with van der Waals surface area (Å²) < 4.78 is 7.38. The molecule has 0 aliphatic rings. The third-order valence-corrected chi connectivity index (χ3v) is 3.60. The summed E-state index contributed by atoms with van der Waals surface area (Å²) >= 11 is 0. The Morgan fingerprint density at radius 1 is 1.30 bits per heavy atom. The van der Waals surface area contributed by atoms with Crippen molar-refractivity contribution in [3.63, 3.8) is 0 Å². The van der Waals surface area contributed by atoms with E-state index >= 15 is 0 Å². The number of para-hydroxylation sites is 1. The van der Waals surface area contributed by atoms with E-state index in [0.717, 1.165) is 29.1 Å². The van der Waals surface area contributed by atoms with Crippen molar-refractivity contribution in [1.29, 1.82) is 0 Å². The molecule has 0 radical (unpaired) electrons. The van der Waals surface area contributed by atoms with Crippen LogP contribution in [0.4, 0.5) is 0 Å². The summed E-state index contributed by atoms with van der Waals surface area (Å²) in [5.41, 5.74) is 2.96. The summed E-state index contributed by atoms with van der Waals surface area (Å²) in [6.45, 7) is 5.08. The van der Waals surface area contributed by atoms with E-state index in [2.05, 4.69) is 10.4 Å². The van der Waals surface area contributed by atoms with Gasteiger partial charge >= 0.3 is 0 Å². The molecule has 122 valence electrons. The van der Waals surface area contributed by atoms with Crippen LogP contribution in [0.1, 0.15) is 23.4 Å². The van der Waals surface area contributed by atoms with Crippen LogP contribution < -0.4 is 10.1 Å². The minimum atomic E-state index is -0.104. The topological polar surface area (TPSA) is 56.2 Å². The van der Waals surface area contributed by atoms with Crippen molar-refractivity contribution in [1.82, 2.24) is 15.1 Å². The molecular formula is C18H23N3O2. The van der Waals surface area contributed by atoms with Gasteiger partial charge in [0.1, 0.15) is 5.75 Å². The van der Waals surface area contributed by atoms with Gasteiger partial charge in [-0.05, 0) is 38.5 Å². The smallest absolute Gasteiger partial charge is 0.244 e. The fourth-order valence-corrected chi connectivity index (χ4v) is 2.24. The molecule has 0 atom stereocenters. The molecule has 2 aromatic rings. The summed E-state index contributed by atoms with van der Waals surface area (Å²) in [6, 6.07) is 9.65. The van der Waals surface area contributed by atoms with E-state index in [1.807, 2.05) is 62.0 Å². The maximum atomic E-state index is 11.8. The molecule has 1 aromatic carbocycles. The Hall–Kier alpha value is -2.56. The molecule has 1 aromatic heterocycles. The zero-order valence-corrected chi connectivity index (χ0v) is 13.9. The maximum absolute atomic E-state index is 11.8. The number of carbonyl (C=O) groups excluding carboxylic acids is 1. The zero-order valence-electron chi connectivity index (χ0n) is 13.9. The summed E-state index contributed by atoms with van der Waals surface area (Å²) in [7, 11) is 1.90. The van der Waals surface area contributed by atoms with Crippen LogP contribution >= 0.6 is 0 Å². The second-order valence-electron chi connectivity index (χ2n) is 5.35. The van der Waals surface area contributed by atoms with E-state index in [1.54, 1.807) is 6.08 Å². The van der Waals surface area contributed by atoms with Gasteiger partial charge in [-0.15, -0.1) is 0 Å². The number of hydrogen-bond acceptors (Lipinski definition) is 3. The molecule has 1 N–H and O–H groups in total. The Morgan fingerprint density at radius 2 is 2.04 bits per heavy atom. The molecule has 0 aliphatic carbocycles. The molecule has 0 spiro atoms. The largest absolute Gasteiger partial charge is 0.494 e. The first-order valence-corrected chi connectivity index (χ1v) is 7.72. The first-order valence-electron chi connectivity index (χ1n) is 7.72. The van der Waals surface area contributed by atoms with Gasteiger partial charge in [-0.3, -0.25) is 9.48 Å².